The largest absolute Gasteiger partial charge is 0.487 e. The maximum Gasteiger partial charge on any atom is 0.248 e. The maximum absolute atomic E-state index is 12.1. The molecule has 0 amide bonds. The summed E-state index contributed by atoms with van der Waals surface area (Å²) >= 11 is 0. The lowest BCUT2D eigenvalue weighted by atomic mass is 10.0. The van der Waals surface area contributed by atoms with Gasteiger partial charge in [0.05, 0.1) is 11.6 Å². The Bertz CT molecular complexity index is 1350. The number of aromatic amines is 1. The summed E-state index contributed by atoms with van der Waals surface area (Å²) in [7, 11) is 0. The van der Waals surface area contributed by atoms with Crippen molar-refractivity contribution in [2.24, 2.45) is 0 Å². The van der Waals surface area contributed by atoms with Crippen molar-refractivity contribution in [3.05, 3.63) is 110 Å². The number of rotatable bonds is 7. The van der Waals surface area contributed by atoms with Crippen molar-refractivity contribution in [3.8, 4) is 5.75 Å². The summed E-state index contributed by atoms with van der Waals surface area (Å²) in [5.74, 6) is 0.595. The van der Waals surface area contributed by atoms with Crippen LogP contribution in [-0.4, -0.2) is 22.7 Å². The fourth-order valence-corrected chi connectivity index (χ4v) is 4.85. The lowest BCUT2D eigenvalue weighted by Crippen LogP contribution is -2.33. The van der Waals surface area contributed by atoms with E-state index in [1.165, 1.54) is 28.3 Å². The Morgan fingerprint density at radius 1 is 1.00 bits per heavy atom. The van der Waals surface area contributed by atoms with Crippen molar-refractivity contribution in [2.75, 3.05) is 6.54 Å². The molecule has 0 radical (unpaired) electrons. The minimum Gasteiger partial charge on any atom is -0.487 e. The van der Waals surface area contributed by atoms with Crippen molar-refractivity contribution in [1.82, 2.24) is 10.3 Å². The highest BCUT2D eigenvalue weighted by Crippen LogP contribution is 2.31. The third-order valence-corrected chi connectivity index (χ3v) is 6.84. The number of aryl methyl sites for hydroxylation is 2. The molecule has 1 atom stereocenters. The van der Waals surface area contributed by atoms with E-state index in [4.69, 9.17) is 4.74 Å². The first kappa shape index (κ1) is 22.4. The third-order valence-electron chi connectivity index (χ3n) is 6.84. The Labute approximate surface area is 199 Å². The highest BCUT2D eigenvalue weighted by atomic mass is 16.5. The van der Waals surface area contributed by atoms with Gasteiger partial charge in [0.15, 0.2) is 0 Å². The predicted molar refractivity (Wildman–Crippen MR) is 135 cm³/mol. The second-order valence-electron chi connectivity index (χ2n) is 9.27. The van der Waals surface area contributed by atoms with E-state index in [9.17, 15) is 9.90 Å². The number of aliphatic hydroxyl groups excluding tert-OH is 1. The molecule has 0 saturated heterocycles. The van der Waals surface area contributed by atoms with E-state index in [2.05, 4.69) is 36.3 Å². The predicted octanol–water partition coefficient (Wildman–Crippen LogP) is 4.51. The fourth-order valence-electron chi connectivity index (χ4n) is 4.85. The van der Waals surface area contributed by atoms with E-state index in [1.54, 1.807) is 6.07 Å². The van der Waals surface area contributed by atoms with Crippen LogP contribution >= 0.6 is 0 Å². The van der Waals surface area contributed by atoms with Gasteiger partial charge in [-0.15, -0.1) is 0 Å². The number of aromatic nitrogens is 1. The molecule has 174 valence electrons. The first-order valence-electron chi connectivity index (χ1n) is 11.8. The molecule has 34 heavy (non-hydrogen) atoms. The highest BCUT2D eigenvalue weighted by Gasteiger charge is 2.23. The summed E-state index contributed by atoms with van der Waals surface area (Å²) in [5, 5.41) is 15.4. The average molecular weight is 455 g/mol. The van der Waals surface area contributed by atoms with Gasteiger partial charge in [0, 0.05) is 24.0 Å². The molecule has 3 N–H and O–H groups in total. The second-order valence-corrected chi connectivity index (χ2v) is 9.27. The zero-order valence-corrected chi connectivity index (χ0v) is 19.6. The second kappa shape index (κ2) is 9.45. The van der Waals surface area contributed by atoms with Crippen LogP contribution in [0.5, 0.6) is 5.75 Å². The van der Waals surface area contributed by atoms with Crippen LogP contribution in [0.1, 0.15) is 39.5 Å². The molecule has 1 heterocycles. The molecule has 0 aliphatic heterocycles. The molecule has 1 aliphatic rings. The number of hydrogen-bond donors (Lipinski definition) is 3. The quantitative estimate of drug-likeness (QED) is 0.384. The number of pyridine rings is 1. The molecule has 5 heteroatoms. The van der Waals surface area contributed by atoms with Crippen molar-refractivity contribution in [3.63, 3.8) is 0 Å². The highest BCUT2D eigenvalue weighted by molar-refractivity contribution is 5.87. The molecule has 1 aliphatic carbocycles. The van der Waals surface area contributed by atoms with Crippen LogP contribution in [0.25, 0.3) is 10.9 Å². The zero-order valence-electron chi connectivity index (χ0n) is 19.6. The van der Waals surface area contributed by atoms with Gasteiger partial charge in [-0.1, -0.05) is 48.5 Å². The zero-order chi connectivity index (χ0) is 23.7. The van der Waals surface area contributed by atoms with Gasteiger partial charge in [-0.25, -0.2) is 0 Å². The number of benzene rings is 3. The van der Waals surface area contributed by atoms with Crippen LogP contribution in [-0.2, 0) is 19.4 Å². The Hall–Kier alpha value is -3.41. The van der Waals surface area contributed by atoms with Crippen molar-refractivity contribution >= 4 is 10.9 Å². The standard InChI is InChI=1S/C29H30N2O3/c1-18-12-21-14-23(15-22(21)13-19(18)2)30-16-26(32)24-8-10-27(29-25(24)9-11-28(33)31-29)34-17-20-6-4-3-5-7-20/h3-13,23,26,30,32H,14-17H2,1-2H3,(H,31,33)/t26-/m0/s1. The fraction of sp³-hybridized carbons (Fsp3) is 0.276. The number of nitrogens with one attached hydrogen (secondary N) is 2. The summed E-state index contributed by atoms with van der Waals surface area (Å²) in [6.07, 6.45) is 1.25. The van der Waals surface area contributed by atoms with Gasteiger partial charge in [0.1, 0.15) is 12.4 Å². The SMILES string of the molecule is Cc1cc2c(cc1C)CC(NC[C@H](O)c1ccc(OCc3ccccc3)c3[nH]c(=O)ccc13)C2. The lowest BCUT2D eigenvalue weighted by molar-refractivity contribution is 0.171. The lowest BCUT2D eigenvalue weighted by Gasteiger charge is -2.19. The van der Waals surface area contributed by atoms with Crippen LogP contribution in [0, 0.1) is 13.8 Å². The van der Waals surface area contributed by atoms with E-state index in [-0.39, 0.29) is 5.56 Å². The summed E-state index contributed by atoms with van der Waals surface area (Å²) in [6, 6.07) is 21.8. The van der Waals surface area contributed by atoms with E-state index in [0.717, 1.165) is 29.4 Å². The monoisotopic (exact) mass is 454 g/mol. The van der Waals surface area contributed by atoms with Gasteiger partial charge in [0.2, 0.25) is 5.56 Å². The molecule has 4 aromatic rings. The number of ether oxygens (including phenoxy) is 1. The molecule has 0 unspecified atom stereocenters. The Morgan fingerprint density at radius 2 is 1.71 bits per heavy atom. The first-order chi connectivity index (χ1) is 16.5. The van der Waals surface area contributed by atoms with Crippen LogP contribution in [0.3, 0.4) is 0 Å². The number of H-pyrrole nitrogens is 1. The van der Waals surface area contributed by atoms with Crippen molar-refractivity contribution < 1.29 is 9.84 Å². The Kier molecular flexibility index (Phi) is 6.22. The van der Waals surface area contributed by atoms with E-state index in [1.807, 2.05) is 42.5 Å². The maximum atomic E-state index is 12.1. The molecule has 0 fully saturated rings. The minimum absolute atomic E-state index is 0.198. The van der Waals surface area contributed by atoms with Gasteiger partial charge in [-0.2, -0.15) is 0 Å². The van der Waals surface area contributed by atoms with Crippen molar-refractivity contribution in [2.45, 2.75) is 45.4 Å². The number of fused-ring (bicyclic) bond motifs is 2. The summed E-state index contributed by atoms with van der Waals surface area (Å²) < 4.78 is 6.02. The summed E-state index contributed by atoms with van der Waals surface area (Å²) in [6.45, 7) is 5.15. The van der Waals surface area contributed by atoms with Crippen molar-refractivity contribution in [1.29, 1.82) is 0 Å². The topological polar surface area (TPSA) is 74.3 Å². The Morgan fingerprint density at radius 3 is 2.41 bits per heavy atom. The summed E-state index contributed by atoms with van der Waals surface area (Å²) in [4.78, 5) is 15.0. The molecule has 5 rings (SSSR count). The molecule has 0 spiro atoms. The van der Waals surface area contributed by atoms with Gasteiger partial charge >= 0.3 is 0 Å². The number of aliphatic hydroxyl groups is 1. The Balaban J connectivity index is 1.32. The number of hydrogen-bond acceptors (Lipinski definition) is 4. The van der Waals surface area contributed by atoms with Gasteiger partial charge in [-0.3, -0.25) is 4.79 Å². The van der Waals surface area contributed by atoms with Crippen LogP contribution in [0.15, 0.2) is 71.5 Å². The smallest absolute Gasteiger partial charge is 0.248 e. The molecular weight excluding hydrogens is 424 g/mol. The van der Waals surface area contributed by atoms with Crippen LogP contribution in [0.2, 0.25) is 0 Å². The van der Waals surface area contributed by atoms with Gasteiger partial charge in [-0.05, 0) is 72.2 Å². The van der Waals surface area contributed by atoms with Gasteiger partial charge in [0.25, 0.3) is 0 Å². The molecule has 5 nitrogen and oxygen atoms in total. The molecular formula is C29H30N2O3. The van der Waals surface area contributed by atoms with E-state index >= 15 is 0 Å². The molecule has 3 aromatic carbocycles. The first-order valence-corrected chi connectivity index (χ1v) is 11.8. The van der Waals surface area contributed by atoms with Crippen LogP contribution < -0.4 is 15.6 Å². The average Bonchev–Trinajstić information content (AvgIpc) is 3.23. The summed E-state index contributed by atoms with van der Waals surface area (Å²) in [5.41, 5.74) is 7.69. The third kappa shape index (κ3) is 4.63. The molecule has 0 saturated carbocycles. The minimum atomic E-state index is -0.705. The molecule has 1 aromatic heterocycles. The molecule has 0 bridgehead atoms. The van der Waals surface area contributed by atoms with E-state index < -0.39 is 6.10 Å². The van der Waals surface area contributed by atoms with Crippen LogP contribution in [0.4, 0.5) is 0 Å². The van der Waals surface area contributed by atoms with E-state index in [0.29, 0.717) is 30.5 Å². The normalized spacial score (nSPS) is 14.3. The van der Waals surface area contributed by atoms with Gasteiger partial charge < -0.3 is 20.1 Å².